The van der Waals surface area contributed by atoms with Gasteiger partial charge in [0.05, 0.1) is 36.9 Å². The Kier molecular flexibility index (Phi) is 10.0. The summed E-state index contributed by atoms with van der Waals surface area (Å²) in [6, 6.07) is 0. The number of aliphatic hydroxyl groups excluding tert-OH is 4. The number of hydrogen-bond acceptors (Lipinski definition) is 6. The van der Waals surface area contributed by atoms with Crippen molar-refractivity contribution >= 4 is 5.97 Å². The van der Waals surface area contributed by atoms with E-state index in [2.05, 4.69) is 0 Å². The molecule has 0 aromatic carbocycles. The molecular weight excluding hydrogens is 348 g/mol. The van der Waals surface area contributed by atoms with Gasteiger partial charge in [0.1, 0.15) is 0 Å². The Morgan fingerprint density at radius 2 is 1.30 bits per heavy atom. The molecule has 4 N–H and O–H groups in total. The van der Waals surface area contributed by atoms with Crippen molar-refractivity contribution in [2.24, 2.45) is 11.8 Å². The van der Waals surface area contributed by atoms with Gasteiger partial charge in [-0.25, -0.2) is 0 Å². The van der Waals surface area contributed by atoms with Gasteiger partial charge >= 0.3 is 5.97 Å². The first-order valence-electron chi connectivity index (χ1n) is 10.9. The van der Waals surface area contributed by atoms with Crippen LogP contribution >= 0.6 is 0 Å². The zero-order valence-electron chi connectivity index (χ0n) is 16.5. The van der Waals surface area contributed by atoms with Gasteiger partial charge in [-0.15, -0.1) is 0 Å². The number of aliphatic hydroxyl groups is 4. The topological polar surface area (TPSA) is 107 Å². The first-order chi connectivity index (χ1) is 13.0. The van der Waals surface area contributed by atoms with Crippen LogP contribution in [0.1, 0.15) is 83.5 Å². The molecule has 0 heterocycles. The molecule has 0 radical (unpaired) electrons. The zero-order chi connectivity index (χ0) is 19.6. The number of carbonyl (C=O) groups excluding carboxylic acids is 1. The summed E-state index contributed by atoms with van der Waals surface area (Å²) in [7, 11) is 0. The monoisotopic (exact) mass is 386 g/mol. The van der Waals surface area contributed by atoms with Crippen molar-refractivity contribution in [1.82, 2.24) is 0 Å². The van der Waals surface area contributed by atoms with E-state index in [9.17, 15) is 25.2 Å². The Bertz CT molecular complexity index is 429. The van der Waals surface area contributed by atoms with Crippen LogP contribution in [0, 0.1) is 11.8 Å². The van der Waals surface area contributed by atoms with Crippen LogP contribution in [0.4, 0.5) is 0 Å². The molecule has 27 heavy (non-hydrogen) atoms. The lowest BCUT2D eigenvalue weighted by Gasteiger charge is -2.30. The average Bonchev–Trinajstić information content (AvgIpc) is 2.65. The molecule has 2 aliphatic carbocycles. The molecule has 0 bridgehead atoms. The van der Waals surface area contributed by atoms with Crippen LogP contribution < -0.4 is 0 Å². The van der Waals surface area contributed by atoms with E-state index in [0.717, 1.165) is 44.9 Å². The van der Waals surface area contributed by atoms with Gasteiger partial charge in [0.15, 0.2) is 0 Å². The van der Waals surface area contributed by atoms with Crippen LogP contribution in [0.2, 0.25) is 0 Å². The van der Waals surface area contributed by atoms with Crippen LogP contribution in [0.25, 0.3) is 0 Å². The smallest absolute Gasteiger partial charge is 0.309 e. The Hall–Kier alpha value is -0.690. The lowest BCUT2D eigenvalue weighted by molar-refractivity contribution is -0.153. The van der Waals surface area contributed by atoms with Crippen molar-refractivity contribution in [2.45, 2.75) is 108 Å². The zero-order valence-corrected chi connectivity index (χ0v) is 16.5. The number of esters is 1. The summed E-state index contributed by atoms with van der Waals surface area (Å²) in [6.07, 6.45) is 9.03. The molecule has 0 aliphatic heterocycles. The van der Waals surface area contributed by atoms with Crippen LogP contribution in [-0.2, 0) is 9.53 Å². The molecule has 6 unspecified atom stereocenters. The van der Waals surface area contributed by atoms with Gasteiger partial charge in [-0.2, -0.15) is 0 Å². The predicted molar refractivity (Wildman–Crippen MR) is 102 cm³/mol. The van der Waals surface area contributed by atoms with Crippen LogP contribution in [0.15, 0.2) is 0 Å². The predicted octanol–water partition coefficient (Wildman–Crippen LogP) is 2.30. The molecule has 6 nitrogen and oxygen atoms in total. The van der Waals surface area contributed by atoms with E-state index in [1.165, 1.54) is 19.3 Å². The summed E-state index contributed by atoms with van der Waals surface area (Å²) >= 11 is 0. The molecule has 0 aromatic rings. The highest BCUT2D eigenvalue weighted by molar-refractivity contribution is 5.72. The molecule has 2 saturated carbocycles. The summed E-state index contributed by atoms with van der Waals surface area (Å²) in [5.41, 5.74) is 0. The van der Waals surface area contributed by atoms with E-state index in [-0.39, 0.29) is 11.9 Å². The number of rotatable bonds is 10. The van der Waals surface area contributed by atoms with E-state index in [1.54, 1.807) is 0 Å². The maximum atomic E-state index is 12.0. The fourth-order valence-corrected chi connectivity index (χ4v) is 4.36. The second-order valence-corrected chi connectivity index (χ2v) is 8.54. The van der Waals surface area contributed by atoms with E-state index < -0.39 is 24.4 Å². The van der Waals surface area contributed by atoms with Gasteiger partial charge in [0, 0.05) is 0 Å². The van der Waals surface area contributed by atoms with Gasteiger partial charge < -0.3 is 25.2 Å². The van der Waals surface area contributed by atoms with Crippen LogP contribution in [-0.4, -0.2) is 57.4 Å². The molecule has 2 fully saturated rings. The molecule has 6 heteroatoms. The average molecular weight is 387 g/mol. The normalized spacial score (nSPS) is 34.4. The molecule has 2 aliphatic rings. The molecular formula is C21H38O6. The molecule has 0 amide bonds. The first kappa shape index (κ1) is 22.6. The third-order valence-corrected chi connectivity index (χ3v) is 6.26. The largest absolute Gasteiger partial charge is 0.465 e. The minimum absolute atomic E-state index is 0.235. The number of carbonyl (C=O) groups is 1. The van der Waals surface area contributed by atoms with E-state index >= 15 is 0 Å². The van der Waals surface area contributed by atoms with E-state index in [4.69, 9.17) is 4.74 Å². The van der Waals surface area contributed by atoms with Crippen molar-refractivity contribution in [3.05, 3.63) is 0 Å². The number of unbranched alkanes of at least 4 members (excludes halogenated alkanes) is 5. The molecule has 6 atom stereocenters. The molecule has 0 saturated heterocycles. The van der Waals surface area contributed by atoms with Crippen molar-refractivity contribution < 1.29 is 30.0 Å². The number of hydrogen-bond donors (Lipinski definition) is 4. The summed E-state index contributed by atoms with van der Waals surface area (Å²) < 4.78 is 5.32. The van der Waals surface area contributed by atoms with Gasteiger partial charge in [-0.05, 0) is 50.9 Å². The van der Waals surface area contributed by atoms with Crippen LogP contribution in [0.5, 0.6) is 0 Å². The Morgan fingerprint density at radius 1 is 0.704 bits per heavy atom. The van der Waals surface area contributed by atoms with Gasteiger partial charge in [0.25, 0.3) is 0 Å². The van der Waals surface area contributed by atoms with Crippen molar-refractivity contribution in [3.8, 4) is 0 Å². The van der Waals surface area contributed by atoms with Crippen LogP contribution in [0.3, 0.4) is 0 Å². The Balaban J connectivity index is 1.40. The summed E-state index contributed by atoms with van der Waals surface area (Å²) in [5.74, 6) is 0.0470. The fraction of sp³-hybridized carbons (Fsp3) is 0.952. The van der Waals surface area contributed by atoms with E-state index in [1.807, 2.05) is 0 Å². The number of ether oxygens (including phenoxy) is 1. The third-order valence-electron chi connectivity index (χ3n) is 6.26. The highest BCUT2D eigenvalue weighted by Gasteiger charge is 2.32. The fourth-order valence-electron chi connectivity index (χ4n) is 4.36. The van der Waals surface area contributed by atoms with Gasteiger partial charge in [-0.3, -0.25) is 4.79 Å². The van der Waals surface area contributed by atoms with Gasteiger partial charge in [0.2, 0.25) is 0 Å². The van der Waals surface area contributed by atoms with Crippen molar-refractivity contribution in [2.75, 3.05) is 6.61 Å². The van der Waals surface area contributed by atoms with E-state index in [0.29, 0.717) is 31.8 Å². The Morgan fingerprint density at radius 3 is 1.96 bits per heavy atom. The summed E-state index contributed by atoms with van der Waals surface area (Å²) in [6.45, 7) is 0.441. The lowest BCUT2D eigenvalue weighted by atomic mass is 9.82. The summed E-state index contributed by atoms with van der Waals surface area (Å²) in [5, 5.41) is 38.4. The van der Waals surface area contributed by atoms with Crippen molar-refractivity contribution in [1.29, 1.82) is 0 Å². The molecule has 158 valence electrons. The lowest BCUT2D eigenvalue weighted by Crippen LogP contribution is -2.37. The SMILES string of the molecule is O=C(OCCCCCCCCC1CCC(O)C(O)C1)C1CCC(O)C(O)C1. The Labute approximate surface area is 162 Å². The molecule has 0 aromatic heterocycles. The molecule has 0 spiro atoms. The highest BCUT2D eigenvalue weighted by Crippen LogP contribution is 2.29. The third kappa shape index (κ3) is 8.06. The highest BCUT2D eigenvalue weighted by atomic mass is 16.5. The standard InChI is InChI=1S/C21H38O6/c22-17-10-8-15(13-19(17)24)7-5-3-1-2-4-6-12-27-21(26)16-9-11-18(23)20(25)14-16/h15-20,22-25H,1-14H2. The molecule has 2 rings (SSSR count). The van der Waals surface area contributed by atoms with Gasteiger partial charge in [-0.1, -0.05) is 38.5 Å². The maximum Gasteiger partial charge on any atom is 0.309 e. The second kappa shape index (κ2) is 12.0. The maximum absolute atomic E-state index is 12.0. The minimum Gasteiger partial charge on any atom is -0.465 e. The summed E-state index contributed by atoms with van der Waals surface area (Å²) in [4.78, 5) is 12.0. The second-order valence-electron chi connectivity index (χ2n) is 8.54. The van der Waals surface area contributed by atoms with Crippen molar-refractivity contribution in [3.63, 3.8) is 0 Å². The first-order valence-corrected chi connectivity index (χ1v) is 10.9. The minimum atomic E-state index is -0.807. The quantitative estimate of drug-likeness (QED) is 0.339.